The quantitative estimate of drug-likeness (QED) is 0.159. The largest absolute Gasteiger partial charge is 0.507 e. The number of aliphatic hydroxyl groups is 1. The second-order valence-electron chi connectivity index (χ2n) is 7.08. The first-order valence-corrected chi connectivity index (χ1v) is 9.69. The minimum atomic E-state index is -1.01. The lowest BCUT2D eigenvalue weighted by Crippen LogP contribution is -2.31. The van der Waals surface area contributed by atoms with Crippen molar-refractivity contribution in [2.24, 2.45) is 0 Å². The number of ketones is 1. The Morgan fingerprint density at radius 1 is 1.19 bits per heavy atom. The average molecular weight is 442 g/mol. The molecule has 1 atom stereocenters. The predicted molar refractivity (Wildman–Crippen MR) is 113 cm³/mol. The molecule has 1 amide bonds. The number of likely N-dealkylation sites (tertiary alicyclic amines) is 1. The number of amides is 1. The van der Waals surface area contributed by atoms with E-state index in [1.54, 1.807) is 6.07 Å². The summed E-state index contributed by atoms with van der Waals surface area (Å²) in [5.74, 6) is -2.30. The van der Waals surface area contributed by atoms with E-state index in [0.29, 0.717) is 18.6 Å². The van der Waals surface area contributed by atoms with Crippen molar-refractivity contribution < 1.29 is 34.2 Å². The molecule has 32 heavy (non-hydrogen) atoms. The van der Waals surface area contributed by atoms with Crippen molar-refractivity contribution >= 4 is 23.1 Å². The Kier molecular flexibility index (Phi) is 6.74. The maximum absolute atomic E-state index is 12.9. The molecule has 168 valence electrons. The maximum atomic E-state index is 12.9. The van der Waals surface area contributed by atoms with Crippen LogP contribution in [0, 0.1) is 10.1 Å². The van der Waals surface area contributed by atoms with Gasteiger partial charge in [-0.15, -0.1) is 0 Å². The number of ether oxygens (including phenoxy) is 2. The first-order valence-electron chi connectivity index (χ1n) is 9.69. The lowest BCUT2D eigenvalue weighted by molar-refractivity contribution is -0.384. The van der Waals surface area contributed by atoms with E-state index in [0.717, 1.165) is 6.07 Å². The topological polar surface area (TPSA) is 139 Å². The van der Waals surface area contributed by atoms with Gasteiger partial charge in [0, 0.05) is 38.0 Å². The highest BCUT2D eigenvalue weighted by Gasteiger charge is 2.46. The Morgan fingerprint density at radius 3 is 2.56 bits per heavy atom. The van der Waals surface area contributed by atoms with Crippen molar-refractivity contribution in [2.45, 2.75) is 12.5 Å². The van der Waals surface area contributed by atoms with Gasteiger partial charge in [0.1, 0.15) is 5.76 Å². The molecular weight excluding hydrogens is 420 g/mol. The van der Waals surface area contributed by atoms with Gasteiger partial charge in [-0.2, -0.15) is 0 Å². The number of benzene rings is 2. The summed E-state index contributed by atoms with van der Waals surface area (Å²) in [6.07, 6.45) is 0.430. The zero-order valence-corrected chi connectivity index (χ0v) is 17.5. The lowest BCUT2D eigenvalue weighted by Gasteiger charge is -2.25. The summed E-state index contributed by atoms with van der Waals surface area (Å²) in [7, 11) is 2.89. The highest BCUT2D eigenvalue weighted by molar-refractivity contribution is 6.46. The number of nitro benzene ring substituents is 1. The number of rotatable bonds is 8. The van der Waals surface area contributed by atoms with Crippen molar-refractivity contribution in [3.8, 4) is 11.5 Å². The minimum Gasteiger partial charge on any atom is -0.507 e. The van der Waals surface area contributed by atoms with Gasteiger partial charge in [0.15, 0.2) is 11.5 Å². The summed E-state index contributed by atoms with van der Waals surface area (Å²) >= 11 is 0. The van der Waals surface area contributed by atoms with Crippen LogP contribution in [-0.4, -0.2) is 59.1 Å². The number of methoxy groups -OCH3 is 2. The van der Waals surface area contributed by atoms with Crippen molar-refractivity contribution in [1.82, 2.24) is 4.90 Å². The van der Waals surface area contributed by atoms with Crippen LogP contribution in [0.2, 0.25) is 0 Å². The van der Waals surface area contributed by atoms with Gasteiger partial charge in [0.25, 0.3) is 17.4 Å². The molecule has 0 spiro atoms. The molecule has 1 aliphatic heterocycles. The monoisotopic (exact) mass is 442 g/mol. The molecule has 0 saturated carbocycles. The highest BCUT2D eigenvalue weighted by Crippen LogP contribution is 2.42. The molecule has 1 heterocycles. The fourth-order valence-electron chi connectivity index (χ4n) is 3.64. The molecular formula is C22H22N2O8. The molecule has 0 bridgehead atoms. The molecule has 2 aromatic carbocycles. The van der Waals surface area contributed by atoms with Gasteiger partial charge < -0.3 is 24.6 Å². The van der Waals surface area contributed by atoms with E-state index < -0.39 is 28.4 Å². The molecule has 0 aliphatic carbocycles. The van der Waals surface area contributed by atoms with Crippen LogP contribution >= 0.6 is 0 Å². The zero-order valence-electron chi connectivity index (χ0n) is 17.5. The summed E-state index contributed by atoms with van der Waals surface area (Å²) in [5.41, 5.74) is -0.108. The molecule has 2 N–H and O–H groups in total. The molecule has 1 aliphatic rings. The second kappa shape index (κ2) is 9.48. The van der Waals surface area contributed by atoms with Crippen LogP contribution in [0.3, 0.4) is 0 Å². The zero-order chi connectivity index (χ0) is 23.4. The molecule has 1 fully saturated rings. The number of carbonyl (C=O) groups excluding carboxylic acids is 2. The molecule has 10 heteroatoms. The molecule has 10 nitrogen and oxygen atoms in total. The Hall–Kier alpha value is -3.92. The molecule has 0 aromatic heterocycles. The Morgan fingerprint density at radius 2 is 1.94 bits per heavy atom. The van der Waals surface area contributed by atoms with Crippen molar-refractivity contribution in [3.05, 3.63) is 69.3 Å². The third-order valence-electron chi connectivity index (χ3n) is 5.14. The fraction of sp³-hybridized carbons (Fsp3) is 0.273. The van der Waals surface area contributed by atoms with Gasteiger partial charge in [0.05, 0.1) is 23.6 Å². The van der Waals surface area contributed by atoms with Crippen molar-refractivity contribution in [1.29, 1.82) is 0 Å². The summed E-state index contributed by atoms with van der Waals surface area (Å²) in [4.78, 5) is 37.5. The Bertz CT molecular complexity index is 1100. The van der Waals surface area contributed by atoms with E-state index in [1.165, 1.54) is 49.5 Å². The first kappa shape index (κ1) is 22.8. The first-order chi connectivity index (χ1) is 15.3. The summed E-state index contributed by atoms with van der Waals surface area (Å²) in [6.45, 7) is 0.496. The van der Waals surface area contributed by atoms with Gasteiger partial charge in [-0.3, -0.25) is 19.7 Å². The number of hydrogen-bond acceptors (Lipinski definition) is 8. The number of nitrogens with zero attached hydrogens (tertiary/aromatic N) is 2. The fourth-order valence-corrected chi connectivity index (χ4v) is 3.64. The molecule has 0 radical (unpaired) electrons. The number of phenolic OH excluding ortho intramolecular Hbond substituents is 1. The van der Waals surface area contributed by atoms with Gasteiger partial charge in [-0.25, -0.2) is 0 Å². The van der Waals surface area contributed by atoms with Crippen LogP contribution in [0.5, 0.6) is 11.5 Å². The second-order valence-corrected chi connectivity index (χ2v) is 7.08. The molecule has 2 aromatic rings. The number of Topliss-reactive ketones (excluding diaryl/α,β-unsaturated/α-hetero) is 1. The minimum absolute atomic E-state index is 0.0248. The molecule has 1 unspecified atom stereocenters. The summed E-state index contributed by atoms with van der Waals surface area (Å²) < 4.78 is 10.1. The molecule has 3 rings (SSSR count). The molecule has 1 saturated heterocycles. The van der Waals surface area contributed by atoms with E-state index in [2.05, 4.69) is 0 Å². The number of non-ortho nitro benzene ring substituents is 1. The standard InChI is InChI=1S/C22H22N2O8/c1-31-10-4-9-23-19(13-7-8-17(32-2)16(25)12-13)18(21(27)22(23)28)20(26)14-5-3-6-15(11-14)24(29)30/h3,5-8,11-12,19,25-26H,4,9-10H2,1-2H3/b20-18-. The van der Waals surface area contributed by atoms with Gasteiger partial charge in [0.2, 0.25) is 0 Å². The van der Waals surface area contributed by atoms with Crippen molar-refractivity contribution in [3.63, 3.8) is 0 Å². The van der Waals surface area contributed by atoms with Crippen LogP contribution in [0.25, 0.3) is 5.76 Å². The van der Waals surface area contributed by atoms with E-state index in [4.69, 9.17) is 9.47 Å². The SMILES string of the molecule is COCCCN1C(=O)C(=O)/C(=C(\O)c2cccc([N+](=O)[O-])c2)C1c1ccc(OC)c(O)c1. The smallest absolute Gasteiger partial charge is 0.295 e. The normalized spacial score (nSPS) is 17.6. The van der Waals surface area contributed by atoms with Crippen molar-refractivity contribution in [2.75, 3.05) is 27.4 Å². The number of phenols is 1. The van der Waals surface area contributed by atoms with E-state index >= 15 is 0 Å². The lowest BCUT2D eigenvalue weighted by atomic mass is 9.95. The Balaban J connectivity index is 2.17. The number of aliphatic hydroxyl groups excluding tert-OH is 1. The van der Waals surface area contributed by atoms with Crippen LogP contribution in [0.15, 0.2) is 48.0 Å². The van der Waals surface area contributed by atoms with Gasteiger partial charge in [-0.05, 0) is 24.1 Å². The third-order valence-corrected chi connectivity index (χ3v) is 5.14. The van der Waals surface area contributed by atoms with Crippen LogP contribution in [-0.2, 0) is 14.3 Å². The summed E-state index contributed by atoms with van der Waals surface area (Å²) in [6, 6.07) is 8.53. The van der Waals surface area contributed by atoms with E-state index in [9.17, 15) is 29.9 Å². The number of aromatic hydroxyl groups is 1. The van der Waals surface area contributed by atoms with Gasteiger partial charge in [-0.1, -0.05) is 18.2 Å². The number of carbonyl (C=O) groups is 2. The predicted octanol–water partition coefficient (Wildman–Crippen LogP) is 2.77. The van der Waals surface area contributed by atoms with E-state index in [1.807, 2.05) is 0 Å². The summed E-state index contributed by atoms with van der Waals surface area (Å²) in [5, 5.41) is 32.3. The van der Waals surface area contributed by atoms with E-state index in [-0.39, 0.29) is 34.9 Å². The number of hydrogen-bond donors (Lipinski definition) is 2. The highest BCUT2D eigenvalue weighted by atomic mass is 16.6. The average Bonchev–Trinajstić information content (AvgIpc) is 3.03. The van der Waals surface area contributed by atoms with Crippen LogP contribution in [0.4, 0.5) is 5.69 Å². The maximum Gasteiger partial charge on any atom is 0.295 e. The van der Waals surface area contributed by atoms with Gasteiger partial charge >= 0.3 is 0 Å². The van der Waals surface area contributed by atoms with Crippen LogP contribution < -0.4 is 4.74 Å². The Labute approximate surface area is 183 Å². The number of nitro groups is 1. The van der Waals surface area contributed by atoms with Crippen LogP contribution in [0.1, 0.15) is 23.6 Å². The third kappa shape index (κ3) is 4.26.